The summed E-state index contributed by atoms with van der Waals surface area (Å²) < 4.78 is 34.0. The van der Waals surface area contributed by atoms with Crippen LogP contribution in [0.1, 0.15) is 27.0 Å². The molecule has 0 atom stereocenters. The van der Waals surface area contributed by atoms with Crippen LogP contribution in [0.3, 0.4) is 0 Å². The van der Waals surface area contributed by atoms with Crippen molar-refractivity contribution in [3.63, 3.8) is 0 Å². The molecule has 0 aliphatic rings. The zero-order chi connectivity index (χ0) is 25.2. The Balaban J connectivity index is 1.54. The summed E-state index contributed by atoms with van der Waals surface area (Å²) in [5.41, 5.74) is 3.91. The average Bonchev–Trinajstić information content (AvgIpc) is 3.26. The van der Waals surface area contributed by atoms with Crippen LogP contribution >= 0.6 is 11.3 Å². The standard InChI is InChI=1S/C25H24N4O4S2/c1-15-11-16(2)13-20(12-15)29-35(31,32)22-14-19(6-5-17(22)3)23(30)26-25-28-27-24(34-25)18-7-9-21(33-4)10-8-18/h5-14,29H,1-4H3,(H,26,28,30). The third-order valence-corrected chi connectivity index (χ3v) is 7.61. The number of ether oxygens (including phenoxy) is 1. The third-order valence-electron chi connectivity index (χ3n) is 5.20. The molecule has 0 spiro atoms. The number of aryl methyl sites for hydroxylation is 3. The van der Waals surface area contributed by atoms with Gasteiger partial charge in [0.25, 0.3) is 15.9 Å². The van der Waals surface area contributed by atoms with Crippen LogP contribution in [0.25, 0.3) is 10.6 Å². The second-order valence-corrected chi connectivity index (χ2v) is 10.7. The minimum absolute atomic E-state index is 0.0282. The van der Waals surface area contributed by atoms with Gasteiger partial charge in [0.1, 0.15) is 10.8 Å². The molecule has 0 fully saturated rings. The number of aromatic nitrogens is 2. The molecule has 35 heavy (non-hydrogen) atoms. The first kappa shape index (κ1) is 24.4. The maximum Gasteiger partial charge on any atom is 0.262 e. The summed E-state index contributed by atoms with van der Waals surface area (Å²) in [5, 5.41) is 11.8. The Morgan fingerprint density at radius 3 is 2.26 bits per heavy atom. The van der Waals surface area contributed by atoms with E-state index in [-0.39, 0.29) is 10.5 Å². The van der Waals surface area contributed by atoms with E-state index in [0.29, 0.717) is 21.4 Å². The highest BCUT2D eigenvalue weighted by atomic mass is 32.2. The smallest absolute Gasteiger partial charge is 0.262 e. The maximum absolute atomic E-state index is 13.1. The summed E-state index contributed by atoms with van der Waals surface area (Å²) in [4.78, 5) is 12.9. The second-order valence-electron chi connectivity index (χ2n) is 8.06. The molecule has 10 heteroatoms. The zero-order valence-corrected chi connectivity index (χ0v) is 21.3. The van der Waals surface area contributed by atoms with Crippen molar-refractivity contribution in [3.05, 3.63) is 82.9 Å². The molecule has 180 valence electrons. The van der Waals surface area contributed by atoms with E-state index in [4.69, 9.17) is 4.74 Å². The molecule has 0 saturated heterocycles. The molecular formula is C25H24N4O4S2. The Bertz CT molecular complexity index is 1480. The van der Waals surface area contributed by atoms with Gasteiger partial charge < -0.3 is 4.74 Å². The van der Waals surface area contributed by atoms with Crippen molar-refractivity contribution in [2.24, 2.45) is 0 Å². The highest BCUT2D eigenvalue weighted by molar-refractivity contribution is 7.92. The molecule has 0 bridgehead atoms. The zero-order valence-electron chi connectivity index (χ0n) is 19.6. The van der Waals surface area contributed by atoms with Gasteiger partial charge in [-0.2, -0.15) is 0 Å². The molecule has 1 heterocycles. The number of nitrogens with one attached hydrogen (secondary N) is 2. The van der Waals surface area contributed by atoms with Crippen LogP contribution in [0.4, 0.5) is 10.8 Å². The molecule has 0 unspecified atom stereocenters. The number of carbonyl (C=O) groups is 1. The molecule has 1 amide bonds. The number of hydrogen-bond acceptors (Lipinski definition) is 7. The van der Waals surface area contributed by atoms with Gasteiger partial charge in [-0.25, -0.2) is 8.42 Å². The molecule has 4 aromatic rings. The number of methoxy groups -OCH3 is 1. The minimum atomic E-state index is -3.91. The molecule has 2 N–H and O–H groups in total. The summed E-state index contributed by atoms with van der Waals surface area (Å²) in [6, 6.07) is 17.3. The van der Waals surface area contributed by atoms with E-state index in [1.54, 1.807) is 38.3 Å². The number of carbonyl (C=O) groups excluding carboxylic acids is 1. The average molecular weight is 509 g/mol. The van der Waals surface area contributed by atoms with E-state index in [1.165, 1.54) is 17.4 Å². The van der Waals surface area contributed by atoms with Crippen LogP contribution in [0, 0.1) is 20.8 Å². The number of hydrogen-bond donors (Lipinski definition) is 2. The van der Waals surface area contributed by atoms with Crippen molar-refractivity contribution >= 4 is 38.1 Å². The van der Waals surface area contributed by atoms with Crippen molar-refractivity contribution in [1.29, 1.82) is 0 Å². The van der Waals surface area contributed by atoms with Gasteiger partial charge in [-0.1, -0.05) is 23.5 Å². The highest BCUT2D eigenvalue weighted by Gasteiger charge is 2.20. The van der Waals surface area contributed by atoms with E-state index < -0.39 is 15.9 Å². The van der Waals surface area contributed by atoms with Crippen LogP contribution in [-0.2, 0) is 10.0 Å². The summed E-state index contributed by atoms with van der Waals surface area (Å²) >= 11 is 1.21. The van der Waals surface area contributed by atoms with Crippen LogP contribution in [0.5, 0.6) is 5.75 Å². The normalized spacial score (nSPS) is 11.2. The lowest BCUT2D eigenvalue weighted by Crippen LogP contribution is -2.17. The van der Waals surface area contributed by atoms with E-state index in [2.05, 4.69) is 20.2 Å². The summed E-state index contributed by atoms with van der Waals surface area (Å²) in [7, 11) is -2.32. The SMILES string of the molecule is COc1ccc(-c2nnc(NC(=O)c3ccc(C)c(S(=O)(=O)Nc4cc(C)cc(C)c4)c3)s2)cc1. The summed E-state index contributed by atoms with van der Waals surface area (Å²) in [6.07, 6.45) is 0. The molecule has 0 radical (unpaired) electrons. The fourth-order valence-corrected chi connectivity index (χ4v) is 5.62. The number of nitrogens with zero attached hydrogens (tertiary/aromatic N) is 2. The van der Waals surface area contributed by atoms with Crippen LogP contribution in [0.15, 0.2) is 65.6 Å². The first-order valence-electron chi connectivity index (χ1n) is 10.7. The Morgan fingerprint density at radius 2 is 1.60 bits per heavy atom. The first-order valence-corrected chi connectivity index (χ1v) is 13.0. The van der Waals surface area contributed by atoms with Crippen molar-refractivity contribution in [1.82, 2.24) is 10.2 Å². The Hall–Kier alpha value is -3.76. The van der Waals surface area contributed by atoms with Crippen molar-refractivity contribution in [2.75, 3.05) is 17.1 Å². The lowest BCUT2D eigenvalue weighted by molar-refractivity contribution is 0.102. The Labute approximate surface area is 208 Å². The van der Waals surface area contributed by atoms with Crippen molar-refractivity contribution in [3.8, 4) is 16.3 Å². The van der Waals surface area contributed by atoms with E-state index in [9.17, 15) is 13.2 Å². The minimum Gasteiger partial charge on any atom is -0.497 e. The Kier molecular flexibility index (Phi) is 6.86. The van der Waals surface area contributed by atoms with Gasteiger partial charge in [-0.05, 0) is 86.0 Å². The third kappa shape index (κ3) is 5.67. The van der Waals surface area contributed by atoms with Crippen molar-refractivity contribution in [2.45, 2.75) is 25.7 Å². The predicted octanol–water partition coefficient (Wildman–Crippen LogP) is 5.19. The molecular weight excluding hydrogens is 484 g/mol. The fourth-order valence-electron chi connectivity index (χ4n) is 3.57. The molecule has 8 nitrogen and oxygen atoms in total. The Morgan fingerprint density at radius 1 is 0.914 bits per heavy atom. The van der Waals surface area contributed by atoms with Gasteiger partial charge in [0.2, 0.25) is 5.13 Å². The quantitative estimate of drug-likeness (QED) is 0.355. The van der Waals surface area contributed by atoms with E-state index in [0.717, 1.165) is 22.4 Å². The van der Waals surface area contributed by atoms with E-state index >= 15 is 0 Å². The number of amides is 1. The lowest BCUT2D eigenvalue weighted by atomic mass is 10.1. The van der Waals surface area contributed by atoms with Gasteiger partial charge in [-0.3, -0.25) is 14.8 Å². The summed E-state index contributed by atoms with van der Waals surface area (Å²) in [5.74, 6) is 0.245. The number of anilines is 2. The van der Waals surface area contributed by atoms with Gasteiger partial charge in [0.15, 0.2) is 0 Å². The maximum atomic E-state index is 13.1. The molecule has 0 saturated carbocycles. The topological polar surface area (TPSA) is 110 Å². The van der Waals surface area contributed by atoms with Gasteiger partial charge >= 0.3 is 0 Å². The fraction of sp³-hybridized carbons (Fsp3) is 0.160. The monoisotopic (exact) mass is 508 g/mol. The molecule has 1 aromatic heterocycles. The molecule has 0 aliphatic carbocycles. The van der Waals surface area contributed by atoms with Crippen LogP contribution in [0.2, 0.25) is 0 Å². The van der Waals surface area contributed by atoms with Gasteiger partial charge in [0.05, 0.1) is 12.0 Å². The predicted molar refractivity (Wildman–Crippen MR) is 138 cm³/mol. The summed E-state index contributed by atoms with van der Waals surface area (Å²) in [6.45, 7) is 5.48. The largest absolute Gasteiger partial charge is 0.497 e. The lowest BCUT2D eigenvalue weighted by Gasteiger charge is -2.13. The molecule has 3 aromatic carbocycles. The van der Waals surface area contributed by atoms with Gasteiger partial charge in [-0.15, -0.1) is 10.2 Å². The number of benzene rings is 3. The molecule has 0 aliphatic heterocycles. The van der Waals surface area contributed by atoms with Crippen molar-refractivity contribution < 1.29 is 17.9 Å². The van der Waals surface area contributed by atoms with Crippen LogP contribution < -0.4 is 14.8 Å². The van der Waals surface area contributed by atoms with E-state index in [1.807, 2.05) is 44.2 Å². The number of sulfonamides is 1. The van der Waals surface area contributed by atoms with Gasteiger partial charge in [0, 0.05) is 16.8 Å². The first-order chi connectivity index (χ1) is 16.6. The second kappa shape index (κ2) is 9.85. The van der Waals surface area contributed by atoms with Crippen LogP contribution in [-0.4, -0.2) is 31.6 Å². The number of rotatable bonds is 7. The molecule has 4 rings (SSSR count). The highest BCUT2D eigenvalue weighted by Crippen LogP contribution is 2.28.